The van der Waals surface area contributed by atoms with Gasteiger partial charge in [0.25, 0.3) is 5.91 Å². The van der Waals surface area contributed by atoms with Crippen molar-refractivity contribution in [3.05, 3.63) is 21.5 Å². The molecule has 13 nitrogen and oxygen atoms in total. The van der Waals surface area contributed by atoms with Gasteiger partial charge in [0.1, 0.15) is 28.4 Å². The maximum Gasteiger partial charge on any atom is 0.412 e. The lowest BCUT2D eigenvalue weighted by Crippen LogP contribution is -2.46. The van der Waals surface area contributed by atoms with Crippen molar-refractivity contribution < 1.29 is 33.3 Å². The normalized spacial score (nSPS) is 19.9. The Morgan fingerprint density at radius 1 is 1.07 bits per heavy atom. The van der Waals surface area contributed by atoms with Gasteiger partial charge in [0.15, 0.2) is 9.61 Å². The van der Waals surface area contributed by atoms with Crippen LogP contribution in [0.4, 0.5) is 20.3 Å². The zero-order valence-corrected chi connectivity index (χ0v) is 26.3. The molecular weight excluding hydrogens is 608 g/mol. The number of ether oxygens (including phenoxy) is 4. The van der Waals surface area contributed by atoms with Gasteiger partial charge in [-0.05, 0) is 70.3 Å². The third-order valence-corrected chi connectivity index (χ3v) is 7.05. The molecule has 2 aromatic heterocycles. The molecule has 1 saturated heterocycles. The average molecular weight is 646 g/mol. The molecule has 40 heavy (non-hydrogen) atoms. The van der Waals surface area contributed by atoms with E-state index in [1.807, 2.05) is 0 Å². The summed E-state index contributed by atoms with van der Waals surface area (Å²) in [6.07, 6.45) is 0.477. The van der Waals surface area contributed by atoms with Gasteiger partial charge >= 0.3 is 12.2 Å². The van der Waals surface area contributed by atoms with Crippen LogP contribution in [0.3, 0.4) is 0 Å². The van der Waals surface area contributed by atoms with Gasteiger partial charge in [-0.2, -0.15) is 5.10 Å². The minimum atomic E-state index is -0.707. The summed E-state index contributed by atoms with van der Waals surface area (Å²) >= 11 is 4.36. The maximum atomic E-state index is 13.3. The second kappa shape index (κ2) is 12.8. The van der Waals surface area contributed by atoms with Gasteiger partial charge in [-0.15, -0.1) is 0 Å². The molecular formula is C25H37BrN6O7S. The molecule has 3 N–H and O–H groups in total. The van der Waals surface area contributed by atoms with E-state index in [1.54, 1.807) is 60.4 Å². The predicted molar refractivity (Wildman–Crippen MR) is 153 cm³/mol. The van der Waals surface area contributed by atoms with E-state index < -0.39 is 41.5 Å². The molecule has 1 fully saturated rings. The fraction of sp³-hybridized carbons (Fsp3) is 0.640. The van der Waals surface area contributed by atoms with Crippen LogP contribution in [0.1, 0.15) is 76.7 Å². The van der Waals surface area contributed by atoms with E-state index in [4.69, 9.17) is 18.9 Å². The van der Waals surface area contributed by atoms with E-state index in [1.165, 1.54) is 6.20 Å². The molecule has 3 amide bonds. The highest BCUT2D eigenvalue weighted by Gasteiger charge is 2.34. The molecule has 2 aromatic rings. The Balaban J connectivity index is 1.75. The Labute approximate surface area is 245 Å². The fourth-order valence-corrected chi connectivity index (χ4v) is 5.37. The lowest BCUT2D eigenvalue weighted by Gasteiger charge is -2.26. The summed E-state index contributed by atoms with van der Waals surface area (Å²) in [7, 11) is 3.31. The van der Waals surface area contributed by atoms with Crippen LogP contribution in [0.2, 0.25) is 0 Å². The van der Waals surface area contributed by atoms with Gasteiger partial charge in [0.2, 0.25) is 0 Å². The fourth-order valence-electron chi connectivity index (χ4n) is 4.03. The first kappa shape index (κ1) is 31.8. The van der Waals surface area contributed by atoms with Crippen molar-refractivity contribution >= 4 is 56.0 Å². The van der Waals surface area contributed by atoms with E-state index in [2.05, 4.69) is 42.0 Å². The average Bonchev–Trinajstić information content (AvgIpc) is 3.27. The molecule has 1 aliphatic rings. The van der Waals surface area contributed by atoms with Crippen molar-refractivity contribution in [1.29, 1.82) is 0 Å². The number of aromatic nitrogens is 3. The van der Waals surface area contributed by atoms with Crippen LogP contribution in [0.25, 0.3) is 0 Å². The highest BCUT2D eigenvalue weighted by atomic mass is 79.9. The van der Waals surface area contributed by atoms with E-state index in [0.29, 0.717) is 28.1 Å². The number of carbonyl (C=O) groups excluding carboxylic acids is 3. The minimum absolute atomic E-state index is 0.0143. The zero-order valence-electron chi connectivity index (χ0n) is 23.9. The monoisotopic (exact) mass is 644 g/mol. The third-order valence-electron chi connectivity index (χ3n) is 5.62. The van der Waals surface area contributed by atoms with Crippen molar-refractivity contribution in [1.82, 2.24) is 20.1 Å². The molecule has 0 radical (unpaired) electrons. The number of nitrogens with one attached hydrogen (secondary N) is 3. The number of alkyl carbamates (subject to hydrolysis) is 1. The Morgan fingerprint density at radius 2 is 1.73 bits per heavy atom. The van der Waals surface area contributed by atoms with Gasteiger partial charge < -0.3 is 29.6 Å². The Hall–Kier alpha value is -2.75. The molecule has 1 aliphatic heterocycles. The van der Waals surface area contributed by atoms with Crippen molar-refractivity contribution in [2.75, 3.05) is 24.4 Å². The number of nitrogens with zero attached hydrogens (tertiary/aromatic N) is 3. The topological polar surface area (TPSA) is 155 Å². The number of carbonyl (C=O) groups is 3. The lowest BCUT2D eigenvalue weighted by atomic mass is 10.0. The predicted octanol–water partition coefficient (Wildman–Crippen LogP) is 5.00. The van der Waals surface area contributed by atoms with E-state index in [0.717, 1.165) is 11.3 Å². The number of hydrogen-bond acceptors (Lipinski definition) is 10. The first-order chi connectivity index (χ1) is 18.6. The highest BCUT2D eigenvalue weighted by Crippen LogP contribution is 2.34. The maximum absolute atomic E-state index is 13.3. The number of amides is 3. The zero-order chi connectivity index (χ0) is 29.8. The minimum Gasteiger partial charge on any atom is -0.444 e. The van der Waals surface area contributed by atoms with Crippen LogP contribution in [0.15, 0.2) is 10.1 Å². The van der Waals surface area contributed by atoms with Crippen molar-refractivity contribution in [2.24, 2.45) is 7.05 Å². The van der Waals surface area contributed by atoms with E-state index in [9.17, 15) is 14.4 Å². The molecule has 0 spiro atoms. The number of rotatable bonds is 6. The molecule has 3 atom stereocenters. The second-order valence-corrected chi connectivity index (χ2v) is 13.5. The molecule has 0 aromatic carbocycles. The standard InChI is InChI=1S/C25H37BrN6O7S/c1-24(2,3)38-22(34)29-13-9-10-15(37-12-16(13)36-8)18-14(11-27-32(18)7)28-19(33)17-20(40-21(26)30-17)31-23(35)39-25(4,5)6/h11,13,15-16H,9-10,12H2,1-8H3,(H,28,33)(H,29,34)(H,31,35)/t13-,15+,16+/m1/s1. The molecule has 222 valence electrons. The quantitative estimate of drug-likeness (QED) is 0.394. The molecule has 3 rings (SSSR count). The SMILES string of the molecule is CO[C@H]1CO[C@H](c2c(NC(=O)c3nc(Br)sc3NC(=O)OC(C)(C)C)cnn2C)CC[C@H]1NC(=O)OC(C)(C)C. The molecule has 0 bridgehead atoms. The lowest BCUT2D eigenvalue weighted by molar-refractivity contribution is -0.0263. The summed E-state index contributed by atoms with van der Waals surface area (Å²) < 4.78 is 24.5. The van der Waals surface area contributed by atoms with Crippen LogP contribution in [-0.2, 0) is 26.0 Å². The molecule has 3 heterocycles. The third kappa shape index (κ3) is 8.88. The Morgan fingerprint density at radius 3 is 2.35 bits per heavy atom. The van der Waals surface area contributed by atoms with E-state index >= 15 is 0 Å². The number of thiazole rings is 1. The largest absolute Gasteiger partial charge is 0.444 e. The highest BCUT2D eigenvalue weighted by molar-refractivity contribution is 9.11. The summed E-state index contributed by atoms with van der Waals surface area (Å²) in [6, 6.07) is -0.343. The van der Waals surface area contributed by atoms with Crippen molar-refractivity contribution in [3.8, 4) is 0 Å². The van der Waals surface area contributed by atoms with Crippen LogP contribution < -0.4 is 16.0 Å². The second-order valence-electron chi connectivity index (χ2n) is 11.2. The number of aryl methyl sites for hydroxylation is 1. The molecule has 0 unspecified atom stereocenters. The van der Waals surface area contributed by atoms with Gasteiger partial charge in [-0.1, -0.05) is 11.3 Å². The summed E-state index contributed by atoms with van der Waals surface area (Å²) in [6.45, 7) is 10.8. The summed E-state index contributed by atoms with van der Waals surface area (Å²) in [5, 5.41) is 12.9. The van der Waals surface area contributed by atoms with Crippen LogP contribution >= 0.6 is 27.3 Å². The summed E-state index contributed by atoms with van der Waals surface area (Å²) in [5.74, 6) is -0.546. The van der Waals surface area contributed by atoms with Crippen LogP contribution in [-0.4, -0.2) is 69.9 Å². The Bertz CT molecular complexity index is 1220. The number of hydrogen-bond donors (Lipinski definition) is 3. The smallest absolute Gasteiger partial charge is 0.412 e. The Kier molecular flexibility index (Phi) is 10.2. The van der Waals surface area contributed by atoms with Crippen molar-refractivity contribution in [2.45, 2.75) is 83.8 Å². The van der Waals surface area contributed by atoms with Gasteiger partial charge in [-0.3, -0.25) is 14.8 Å². The number of halogens is 1. The van der Waals surface area contributed by atoms with Gasteiger partial charge in [-0.25, -0.2) is 14.6 Å². The summed E-state index contributed by atoms with van der Waals surface area (Å²) in [5.41, 5.74) is -0.260. The molecule has 15 heteroatoms. The first-order valence-electron chi connectivity index (χ1n) is 12.7. The first-order valence-corrected chi connectivity index (χ1v) is 14.3. The molecule has 0 aliphatic carbocycles. The molecule has 0 saturated carbocycles. The van der Waals surface area contributed by atoms with Gasteiger partial charge in [0.05, 0.1) is 30.2 Å². The van der Waals surface area contributed by atoms with Crippen LogP contribution in [0, 0.1) is 0 Å². The van der Waals surface area contributed by atoms with Crippen molar-refractivity contribution in [3.63, 3.8) is 0 Å². The van der Waals surface area contributed by atoms with Crippen LogP contribution in [0.5, 0.6) is 0 Å². The van der Waals surface area contributed by atoms with Gasteiger partial charge in [0, 0.05) is 14.2 Å². The van der Waals surface area contributed by atoms with E-state index in [-0.39, 0.29) is 23.3 Å². The number of methoxy groups -OCH3 is 1. The summed E-state index contributed by atoms with van der Waals surface area (Å²) in [4.78, 5) is 42.2. The number of anilines is 2.